The van der Waals surface area contributed by atoms with Crippen LogP contribution >= 0.6 is 39.1 Å². The highest BCUT2D eigenvalue weighted by molar-refractivity contribution is 9.10. The summed E-state index contributed by atoms with van der Waals surface area (Å²) < 4.78 is 6.48. The van der Waals surface area contributed by atoms with Gasteiger partial charge >= 0.3 is 0 Å². The largest absolute Gasteiger partial charge is 0.453 e. The monoisotopic (exact) mass is 331 g/mol. The molecule has 0 unspecified atom stereocenters. The molecular weight excluding hydrogens is 325 g/mol. The molecule has 5 heteroatoms. The van der Waals surface area contributed by atoms with E-state index >= 15 is 0 Å². The van der Waals surface area contributed by atoms with E-state index in [-0.39, 0.29) is 0 Å². The molecule has 2 rings (SSSR count). The summed E-state index contributed by atoms with van der Waals surface area (Å²) in [6, 6.07) is 10.6. The van der Waals surface area contributed by atoms with Gasteiger partial charge in [-0.15, -0.1) is 0 Å². The van der Waals surface area contributed by atoms with Gasteiger partial charge in [-0.1, -0.05) is 35.3 Å². The van der Waals surface area contributed by atoms with Crippen molar-refractivity contribution in [1.29, 1.82) is 0 Å². The number of halogens is 3. The Bertz CT molecular complexity index is 537. The second kappa shape index (κ2) is 5.17. The van der Waals surface area contributed by atoms with Gasteiger partial charge in [0, 0.05) is 5.69 Å². The quantitative estimate of drug-likeness (QED) is 0.773. The van der Waals surface area contributed by atoms with Crippen molar-refractivity contribution in [3.05, 3.63) is 50.9 Å². The molecule has 2 aromatic rings. The number of nitrogen functional groups attached to an aromatic ring is 1. The maximum Gasteiger partial charge on any atom is 0.164 e. The molecule has 0 bridgehead atoms. The van der Waals surface area contributed by atoms with E-state index in [1.165, 1.54) is 0 Å². The zero-order chi connectivity index (χ0) is 12.4. The molecule has 0 amide bonds. The van der Waals surface area contributed by atoms with Crippen LogP contribution < -0.4 is 10.5 Å². The number of benzene rings is 2. The van der Waals surface area contributed by atoms with Gasteiger partial charge in [-0.2, -0.15) is 0 Å². The summed E-state index contributed by atoms with van der Waals surface area (Å²) in [4.78, 5) is 0. The minimum Gasteiger partial charge on any atom is -0.453 e. The smallest absolute Gasteiger partial charge is 0.164 e. The van der Waals surface area contributed by atoms with Crippen LogP contribution in [0.15, 0.2) is 40.9 Å². The number of para-hydroxylation sites is 1. The molecule has 2 nitrogen and oxygen atoms in total. The predicted octanol–water partition coefficient (Wildman–Crippen LogP) is 5.13. The summed E-state index contributed by atoms with van der Waals surface area (Å²) in [6.45, 7) is 0. The Kier molecular flexibility index (Phi) is 3.82. The molecular formula is C12H8BrCl2NO. The van der Waals surface area contributed by atoms with Gasteiger partial charge in [0.15, 0.2) is 5.75 Å². The Labute approximate surface area is 117 Å². The van der Waals surface area contributed by atoms with E-state index in [4.69, 9.17) is 33.7 Å². The molecule has 0 fully saturated rings. The van der Waals surface area contributed by atoms with E-state index in [0.29, 0.717) is 27.2 Å². The minimum absolute atomic E-state index is 0.380. The number of anilines is 1. The molecule has 0 saturated carbocycles. The van der Waals surface area contributed by atoms with Gasteiger partial charge in [0.1, 0.15) is 5.75 Å². The summed E-state index contributed by atoms with van der Waals surface area (Å²) in [7, 11) is 0. The molecule has 0 atom stereocenters. The fourth-order valence-electron chi connectivity index (χ4n) is 1.31. The molecule has 0 saturated heterocycles. The SMILES string of the molecule is Nc1cc(Cl)c(Oc2ccccc2Br)c(Cl)c1. The van der Waals surface area contributed by atoms with Crippen molar-refractivity contribution in [3.63, 3.8) is 0 Å². The van der Waals surface area contributed by atoms with Crippen LogP contribution in [0.1, 0.15) is 0 Å². The van der Waals surface area contributed by atoms with Crippen molar-refractivity contribution >= 4 is 44.8 Å². The molecule has 2 aromatic carbocycles. The van der Waals surface area contributed by atoms with E-state index in [1.807, 2.05) is 24.3 Å². The molecule has 0 aliphatic carbocycles. The Morgan fingerprint density at radius 2 is 1.65 bits per heavy atom. The number of hydrogen-bond donors (Lipinski definition) is 1. The van der Waals surface area contributed by atoms with Crippen LogP contribution in [0.5, 0.6) is 11.5 Å². The topological polar surface area (TPSA) is 35.2 Å². The van der Waals surface area contributed by atoms with Crippen molar-refractivity contribution in [2.24, 2.45) is 0 Å². The van der Waals surface area contributed by atoms with E-state index < -0.39 is 0 Å². The highest BCUT2D eigenvalue weighted by Gasteiger charge is 2.11. The van der Waals surface area contributed by atoms with Crippen LogP contribution in [0, 0.1) is 0 Å². The van der Waals surface area contributed by atoms with Crippen LogP contribution in [0.4, 0.5) is 5.69 Å². The van der Waals surface area contributed by atoms with Crippen LogP contribution in [-0.4, -0.2) is 0 Å². The molecule has 0 aliphatic heterocycles. The van der Waals surface area contributed by atoms with Crippen LogP contribution in [0.2, 0.25) is 10.0 Å². The fourth-order valence-corrected chi connectivity index (χ4v) is 2.26. The molecule has 0 spiro atoms. The zero-order valence-corrected chi connectivity index (χ0v) is 11.7. The van der Waals surface area contributed by atoms with Crippen LogP contribution in [-0.2, 0) is 0 Å². The first-order valence-corrected chi connectivity index (χ1v) is 6.29. The Morgan fingerprint density at radius 3 is 2.24 bits per heavy atom. The van der Waals surface area contributed by atoms with Crippen LogP contribution in [0.3, 0.4) is 0 Å². The second-order valence-electron chi connectivity index (χ2n) is 3.35. The van der Waals surface area contributed by atoms with E-state index in [1.54, 1.807) is 12.1 Å². The van der Waals surface area contributed by atoms with Gasteiger partial charge < -0.3 is 10.5 Å². The highest BCUT2D eigenvalue weighted by Crippen LogP contribution is 2.39. The van der Waals surface area contributed by atoms with Gasteiger partial charge in [0.25, 0.3) is 0 Å². The molecule has 0 aliphatic rings. The van der Waals surface area contributed by atoms with Crippen molar-refractivity contribution in [2.45, 2.75) is 0 Å². The lowest BCUT2D eigenvalue weighted by atomic mass is 10.3. The Morgan fingerprint density at radius 1 is 1.06 bits per heavy atom. The normalized spacial score (nSPS) is 10.3. The highest BCUT2D eigenvalue weighted by atomic mass is 79.9. The standard InChI is InChI=1S/C12H8BrCl2NO/c13-8-3-1-2-4-11(8)17-12-9(14)5-7(16)6-10(12)15/h1-6H,16H2. The summed E-state index contributed by atoms with van der Waals surface area (Å²) >= 11 is 15.4. The lowest BCUT2D eigenvalue weighted by Crippen LogP contribution is -1.90. The summed E-state index contributed by atoms with van der Waals surface area (Å²) in [5.41, 5.74) is 6.12. The van der Waals surface area contributed by atoms with Crippen LogP contribution in [0.25, 0.3) is 0 Å². The maximum absolute atomic E-state index is 6.03. The number of rotatable bonds is 2. The van der Waals surface area contributed by atoms with E-state index in [9.17, 15) is 0 Å². The first-order chi connectivity index (χ1) is 8.08. The molecule has 17 heavy (non-hydrogen) atoms. The van der Waals surface area contributed by atoms with Crippen molar-refractivity contribution in [2.75, 3.05) is 5.73 Å². The Balaban J connectivity index is 2.40. The fraction of sp³-hybridized carbons (Fsp3) is 0. The third-order valence-electron chi connectivity index (χ3n) is 2.07. The van der Waals surface area contributed by atoms with Crippen molar-refractivity contribution < 1.29 is 4.74 Å². The first kappa shape index (κ1) is 12.6. The van der Waals surface area contributed by atoms with Gasteiger partial charge in [-0.3, -0.25) is 0 Å². The number of hydrogen-bond acceptors (Lipinski definition) is 2. The molecule has 0 aromatic heterocycles. The van der Waals surface area contributed by atoms with Gasteiger partial charge in [-0.05, 0) is 40.2 Å². The first-order valence-electron chi connectivity index (χ1n) is 4.75. The van der Waals surface area contributed by atoms with Crippen molar-refractivity contribution in [1.82, 2.24) is 0 Å². The third-order valence-corrected chi connectivity index (χ3v) is 3.29. The summed E-state index contributed by atoms with van der Waals surface area (Å²) in [5.74, 6) is 1.04. The minimum atomic E-state index is 0.380. The molecule has 88 valence electrons. The van der Waals surface area contributed by atoms with E-state index in [2.05, 4.69) is 15.9 Å². The third kappa shape index (κ3) is 2.86. The zero-order valence-electron chi connectivity index (χ0n) is 8.58. The molecule has 2 N–H and O–H groups in total. The lowest BCUT2D eigenvalue weighted by Gasteiger charge is -2.11. The van der Waals surface area contributed by atoms with Crippen molar-refractivity contribution in [3.8, 4) is 11.5 Å². The summed E-state index contributed by atoms with van der Waals surface area (Å²) in [6.07, 6.45) is 0. The molecule has 0 heterocycles. The average molecular weight is 333 g/mol. The predicted molar refractivity (Wildman–Crippen MR) is 75.1 cm³/mol. The Hall–Kier alpha value is -0.900. The van der Waals surface area contributed by atoms with Gasteiger partial charge in [-0.25, -0.2) is 0 Å². The van der Waals surface area contributed by atoms with Gasteiger partial charge in [0.05, 0.1) is 14.5 Å². The number of ether oxygens (including phenoxy) is 1. The average Bonchev–Trinajstić information content (AvgIpc) is 2.25. The van der Waals surface area contributed by atoms with Gasteiger partial charge in [0.2, 0.25) is 0 Å². The lowest BCUT2D eigenvalue weighted by molar-refractivity contribution is 0.480. The maximum atomic E-state index is 6.03. The molecule has 0 radical (unpaired) electrons. The van der Waals surface area contributed by atoms with E-state index in [0.717, 1.165) is 4.47 Å². The summed E-state index contributed by atoms with van der Waals surface area (Å²) in [5, 5.41) is 0.761. The number of nitrogens with two attached hydrogens (primary N) is 1. The second-order valence-corrected chi connectivity index (χ2v) is 5.01.